The molecule has 3 aromatic heterocycles. The van der Waals surface area contributed by atoms with Gasteiger partial charge in [0.05, 0.1) is 33.8 Å². The molecule has 1 N–H and O–H groups in total. The molecule has 0 unspecified atom stereocenters. The van der Waals surface area contributed by atoms with E-state index in [9.17, 15) is 0 Å². The van der Waals surface area contributed by atoms with Crippen LogP contribution in [-0.4, -0.2) is 39.9 Å². The summed E-state index contributed by atoms with van der Waals surface area (Å²) in [6.45, 7) is 5.50. The standard InChI is InChI=1S/C32H36N4O2S/c1-3-7-27-31(23-8-5-4-6-9-23)36(32(34-27)29-22-30-28(35(29)2)16-21-39-30)19-20-37-24-10-12-25(13-11-24)38-26-14-17-33-18-15-26/h4-6,8-13,16,21-22,26,33H,3,7,14-15,17-20H2,1-2H3. The Labute approximate surface area is 234 Å². The summed E-state index contributed by atoms with van der Waals surface area (Å²) in [5, 5.41) is 5.53. The molecule has 7 heteroatoms. The van der Waals surface area contributed by atoms with Gasteiger partial charge in [0.25, 0.3) is 0 Å². The molecular formula is C32H36N4O2S. The highest BCUT2D eigenvalue weighted by Crippen LogP contribution is 2.35. The highest BCUT2D eigenvalue weighted by molar-refractivity contribution is 7.17. The summed E-state index contributed by atoms with van der Waals surface area (Å²) in [7, 11) is 2.13. The number of rotatable bonds is 10. The largest absolute Gasteiger partial charge is 0.492 e. The molecule has 0 aliphatic carbocycles. The third kappa shape index (κ3) is 5.47. The monoisotopic (exact) mass is 540 g/mol. The lowest BCUT2D eigenvalue weighted by Gasteiger charge is -2.23. The summed E-state index contributed by atoms with van der Waals surface area (Å²) in [6.07, 6.45) is 4.37. The van der Waals surface area contributed by atoms with Crippen LogP contribution in [0.5, 0.6) is 11.5 Å². The fourth-order valence-corrected chi connectivity index (χ4v) is 6.33. The van der Waals surface area contributed by atoms with Crippen LogP contribution in [-0.2, 0) is 20.0 Å². The van der Waals surface area contributed by atoms with E-state index in [-0.39, 0.29) is 0 Å². The number of hydrogen-bond acceptors (Lipinski definition) is 5. The molecule has 2 aromatic carbocycles. The molecule has 4 heterocycles. The minimum absolute atomic E-state index is 0.291. The SMILES string of the molecule is CCCc1nc(-c2cc3sccc3n2C)n(CCOc2ccc(OC3CCNCC3)cc2)c1-c1ccccc1. The second-order valence-electron chi connectivity index (χ2n) is 10.1. The minimum atomic E-state index is 0.291. The number of hydrogen-bond donors (Lipinski definition) is 1. The summed E-state index contributed by atoms with van der Waals surface area (Å²) in [4.78, 5) is 5.25. The van der Waals surface area contributed by atoms with Crippen molar-refractivity contribution in [1.82, 2.24) is 19.4 Å². The number of imidazole rings is 1. The second-order valence-corrected chi connectivity index (χ2v) is 11.1. The van der Waals surface area contributed by atoms with Gasteiger partial charge in [-0.25, -0.2) is 4.98 Å². The number of aryl methyl sites for hydroxylation is 2. The fraction of sp³-hybridized carbons (Fsp3) is 0.344. The van der Waals surface area contributed by atoms with Gasteiger partial charge in [0.2, 0.25) is 0 Å². The van der Waals surface area contributed by atoms with E-state index >= 15 is 0 Å². The van der Waals surface area contributed by atoms with Crippen LogP contribution >= 0.6 is 11.3 Å². The Morgan fingerprint density at radius 1 is 1.00 bits per heavy atom. The number of thiophene rings is 1. The van der Waals surface area contributed by atoms with Gasteiger partial charge in [-0.2, -0.15) is 0 Å². The maximum Gasteiger partial charge on any atom is 0.157 e. The van der Waals surface area contributed by atoms with Gasteiger partial charge in [-0.15, -0.1) is 11.3 Å². The summed E-state index contributed by atoms with van der Waals surface area (Å²) in [5.41, 5.74) is 5.89. The molecule has 39 heavy (non-hydrogen) atoms. The Balaban J connectivity index is 1.27. The lowest BCUT2D eigenvalue weighted by molar-refractivity contribution is 0.162. The topological polar surface area (TPSA) is 53.2 Å². The number of ether oxygens (including phenoxy) is 2. The van der Waals surface area contributed by atoms with Gasteiger partial charge in [0.1, 0.15) is 24.2 Å². The predicted molar refractivity (Wildman–Crippen MR) is 160 cm³/mol. The number of fused-ring (bicyclic) bond motifs is 1. The highest BCUT2D eigenvalue weighted by Gasteiger charge is 2.22. The van der Waals surface area contributed by atoms with Crippen molar-refractivity contribution in [3.05, 3.63) is 77.8 Å². The third-order valence-electron chi connectivity index (χ3n) is 7.46. The normalized spacial score (nSPS) is 14.2. The molecule has 6 rings (SSSR count). The molecule has 0 radical (unpaired) electrons. The van der Waals surface area contributed by atoms with Gasteiger partial charge in [0.15, 0.2) is 5.82 Å². The van der Waals surface area contributed by atoms with Crippen molar-refractivity contribution in [2.45, 2.75) is 45.3 Å². The molecule has 5 aromatic rings. The quantitative estimate of drug-likeness (QED) is 0.209. The molecule has 6 nitrogen and oxygen atoms in total. The molecule has 0 atom stereocenters. The second kappa shape index (κ2) is 11.7. The maximum absolute atomic E-state index is 6.26. The summed E-state index contributed by atoms with van der Waals surface area (Å²) >= 11 is 1.77. The first-order valence-corrected chi connectivity index (χ1v) is 14.9. The minimum Gasteiger partial charge on any atom is -0.492 e. The molecule has 0 amide bonds. The van der Waals surface area contributed by atoms with E-state index in [1.54, 1.807) is 11.3 Å². The number of aromatic nitrogens is 3. The maximum atomic E-state index is 6.26. The fourth-order valence-electron chi connectivity index (χ4n) is 5.49. The third-order valence-corrected chi connectivity index (χ3v) is 8.32. The van der Waals surface area contributed by atoms with E-state index in [2.05, 4.69) is 76.3 Å². The Bertz CT molecular complexity index is 1510. The van der Waals surface area contributed by atoms with E-state index in [0.29, 0.717) is 19.3 Å². The van der Waals surface area contributed by atoms with Gasteiger partial charge in [-0.05, 0) is 74.1 Å². The van der Waals surface area contributed by atoms with Gasteiger partial charge in [0, 0.05) is 12.6 Å². The number of nitrogens with one attached hydrogen (secondary N) is 1. The van der Waals surface area contributed by atoms with Crippen molar-refractivity contribution in [2.75, 3.05) is 19.7 Å². The molecule has 0 saturated carbocycles. The van der Waals surface area contributed by atoms with Crippen LogP contribution in [0.4, 0.5) is 0 Å². The van der Waals surface area contributed by atoms with Gasteiger partial charge >= 0.3 is 0 Å². The zero-order valence-corrected chi connectivity index (χ0v) is 23.5. The number of nitrogens with zero attached hydrogens (tertiary/aromatic N) is 3. The summed E-state index contributed by atoms with van der Waals surface area (Å²) in [5.74, 6) is 2.76. The lowest BCUT2D eigenvalue weighted by Crippen LogP contribution is -2.34. The van der Waals surface area contributed by atoms with Crippen LogP contribution in [0.15, 0.2) is 72.1 Å². The molecule has 1 aliphatic rings. The predicted octanol–water partition coefficient (Wildman–Crippen LogP) is 6.93. The molecular weight excluding hydrogens is 504 g/mol. The average Bonchev–Trinajstić information content (AvgIpc) is 3.66. The first kappa shape index (κ1) is 25.7. The Kier molecular flexibility index (Phi) is 7.70. The Morgan fingerprint density at radius 2 is 1.77 bits per heavy atom. The zero-order valence-electron chi connectivity index (χ0n) is 22.7. The van der Waals surface area contributed by atoms with Crippen LogP contribution in [0.1, 0.15) is 31.9 Å². The summed E-state index contributed by atoms with van der Waals surface area (Å²) in [6, 6.07) is 23.1. The smallest absolute Gasteiger partial charge is 0.157 e. The Morgan fingerprint density at radius 3 is 2.51 bits per heavy atom. The first-order valence-electron chi connectivity index (χ1n) is 14.0. The van der Waals surface area contributed by atoms with Crippen LogP contribution in [0.3, 0.4) is 0 Å². The van der Waals surface area contributed by atoms with E-state index in [1.165, 1.54) is 21.5 Å². The van der Waals surface area contributed by atoms with Crippen LogP contribution < -0.4 is 14.8 Å². The Hall–Kier alpha value is -3.55. The molecule has 1 fully saturated rings. The van der Waals surface area contributed by atoms with E-state index < -0.39 is 0 Å². The van der Waals surface area contributed by atoms with Crippen molar-refractivity contribution >= 4 is 21.6 Å². The van der Waals surface area contributed by atoms with Crippen molar-refractivity contribution in [1.29, 1.82) is 0 Å². The van der Waals surface area contributed by atoms with Crippen molar-refractivity contribution in [2.24, 2.45) is 7.05 Å². The van der Waals surface area contributed by atoms with Gasteiger partial charge in [-0.3, -0.25) is 0 Å². The zero-order chi connectivity index (χ0) is 26.6. The molecule has 1 saturated heterocycles. The van der Waals surface area contributed by atoms with E-state index in [1.807, 2.05) is 24.3 Å². The van der Waals surface area contributed by atoms with Crippen molar-refractivity contribution in [3.63, 3.8) is 0 Å². The molecule has 0 bridgehead atoms. The van der Waals surface area contributed by atoms with Crippen molar-refractivity contribution in [3.8, 4) is 34.3 Å². The molecule has 1 aliphatic heterocycles. The van der Waals surface area contributed by atoms with E-state index in [4.69, 9.17) is 14.5 Å². The number of piperidine rings is 1. The molecule has 202 valence electrons. The van der Waals surface area contributed by atoms with Crippen LogP contribution in [0.25, 0.3) is 33.0 Å². The van der Waals surface area contributed by atoms with Crippen molar-refractivity contribution < 1.29 is 9.47 Å². The highest BCUT2D eigenvalue weighted by atomic mass is 32.1. The summed E-state index contributed by atoms with van der Waals surface area (Å²) < 4.78 is 18.3. The number of benzene rings is 2. The first-order chi connectivity index (χ1) is 19.2. The molecule has 0 spiro atoms. The average molecular weight is 541 g/mol. The van der Waals surface area contributed by atoms with Crippen LogP contribution in [0.2, 0.25) is 0 Å². The van der Waals surface area contributed by atoms with E-state index in [0.717, 1.165) is 67.5 Å². The van der Waals surface area contributed by atoms with Gasteiger partial charge in [-0.1, -0.05) is 43.7 Å². The van der Waals surface area contributed by atoms with Gasteiger partial charge < -0.3 is 23.9 Å². The lowest BCUT2D eigenvalue weighted by atomic mass is 10.1. The van der Waals surface area contributed by atoms with Crippen LogP contribution in [0, 0.1) is 0 Å².